The maximum Gasteiger partial charge on any atom is 0.604 e. The fourth-order valence-corrected chi connectivity index (χ4v) is 3.64. The molecule has 6 nitrogen and oxygen atoms in total. The minimum absolute atomic E-state index is 0.00354. The third-order valence-corrected chi connectivity index (χ3v) is 6.02. The molecule has 0 amide bonds. The number of rotatable bonds is 11. The molecule has 0 spiro atoms. The summed E-state index contributed by atoms with van der Waals surface area (Å²) < 4.78 is 147. The molecule has 40 heavy (non-hydrogen) atoms. The van der Waals surface area contributed by atoms with E-state index < -0.39 is 43.1 Å². The van der Waals surface area contributed by atoms with Gasteiger partial charge in [-0.2, -0.15) is 39.5 Å². The van der Waals surface area contributed by atoms with Crippen molar-refractivity contribution in [2.45, 2.75) is 37.8 Å². The molecule has 0 atom stereocenters. The zero-order valence-corrected chi connectivity index (χ0v) is 21.1. The SMILES string of the molecule is Cc1ccc(OOP(=O)(OOc2ccc(C)cc2)Oc2ccc(C(F)(F)C(F)(F)C(F)(F)C(F)(F)F)cc2)cc1. The molecule has 3 aromatic carbocycles. The number of halogens is 9. The van der Waals surface area contributed by atoms with Crippen LogP contribution >= 0.6 is 7.82 Å². The van der Waals surface area contributed by atoms with Gasteiger partial charge in [0.1, 0.15) is 5.75 Å². The second-order valence-electron chi connectivity index (χ2n) is 8.23. The van der Waals surface area contributed by atoms with Crippen molar-refractivity contribution >= 4 is 7.82 Å². The fourth-order valence-electron chi connectivity index (χ4n) is 2.82. The van der Waals surface area contributed by atoms with Crippen molar-refractivity contribution in [3.8, 4) is 17.2 Å². The molecule has 0 fully saturated rings. The summed E-state index contributed by atoms with van der Waals surface area (Å²) in [6, 6.07) is 12.9. The van der Waals surface area contributed by atoms with Crippen LogP contribution in [0.25, 0.3) is 0 Å². The fraction of sp³-hybridized carbons (Fsp3) is 0.250. The lowest BCUT2D eigenvalue weighted by Gasteiger charge is -2.33. The third-order valence-electron chi connectivity index (χ3n) is 5.07. The average Bonchev–Trinajstić information content (AvgIpc) is 2.87. The van der Waals surface area contributed by atoms with Crippen LogP contribution in [-0.2, 0) is 19.8 Å². The minimum Gasteiger partial charge on any atom is -0.400 e. The van der Waals surface area contributed by atoms with Crippen LogP contribution in [0.15, 0.2) is 72.8 Å². The number of benzene rings is 3. The monoisotopic (exact) mass is 604 g/mol. The summed E-state index contributed by atoms with van der Waals surface area (Å²) in [4.78, 5) is 9.79. The molecule has 0 radical (unpaired) electrons. The molecule has 0 aliphatic rings. The predicted molar refractivity (Wildman–Crippen MR) is 120 cm³/mol. The van der Waals surface area contributed by atoms with Crippen LogP contribution in [0.3, 0.4) is 0 Å². The van der Waals surface area contributed by atoms with Crippen molar-refractivity contribution in [1.29, 1.82) is 0 Å². The van der Waals surface area contributed by atoms with Gasteiger partial charge < -0.3 is 14.3 Å². The molecule has 0 heterocycles. The Hall–Kier alpha value is -3.42. The minimum atomic E-state index is -7.07. The van der Waals surface area contributed by atoms with Gasteiger partial charge in [0.05, 0.1) is 0 Å². The van der Waals surface area contributed by atoms with Crippen LogP contribution in [0, 0.1) is 13.8 Å². The molecule has 0 saturated carbocycles. The standard InChI is InChI=1S/C24H18F9O6P/c1-15-3-9-18(10-4-15)35-38-40(34,39-36-19-11-5-16(2)6-12-19)37-20-13-7-17(8-14-20)21(25,26)22(27,28)23(29,30)24(31,32)33/h3-14H,1-2H3. The molecule has 0 bridgehead atoms. The maximum atomic E-state index is 14.2. The Labute approximate surface area is 220 Å². The van der Waals surface area contributed by atoms with Gasteiger partial charge in [0, 0.05) is 5.56 Å². The third kappa shape index (κ3) is 6.65. The van der Waals surface area contributed by atoms with Gasteiger partial charge in [0.25, 0.3) is 0 Å². The molecular weight excluding hydrogens is 586 g/mol. The number of hydrogen-bond acceptors (Lipinski definition) is 6. The summed E-state index contributed by atoms with van der Waals surface area (Å²) in [5.41, 5.74) is -0.292. The summed E-state index contributed by atoms with van der Waals surface area (Å²) in [6.07, 6.45) is -6.97. The van der Waals surface area contributed by atoms with Crippen molar-refractivity contribution in [3.05, 3.63) is 89.5 Å². The predicted octanol–water partition coefficient (Wildman–Crippen LogP) is 8.74. The van der Waals surface area contributed by atoms with E-state index in [2.05, 4.69) is 0 Å². The Morgan fingerprint density at radius 1 is 0.550 bits per heavy atom. The first-order valence-electron chi connectivity index (χ1n) is 10.8. The normalized spacial score (nSPS) is 13.2. The molecule has 218 valence electrons. The van der Waals surface area contributed by atoms with E-state index in [1.165, 1.54) is 24.3 Å². The first-order chi connectivity index (χ1) is 18.4. The van der Waals surface area contributed by atoms with E-state index in [0.29, 0.717) is 12.1 Å². The van der Waals surface area contributed by atoms with Crippen molar-refractivity contribution in [2.24, 2.45) is 0 Å². The van der Waals surface area contributed by atoms with E-state index in [0.717, 1.165) is 11.1 Å². The quantitative estimate of drug-likeness (QED) is 0.0945. The molecule has 0 unspecified atom stereocenters. The topological polar surface area (TPSA) is 63.2 Å². The van der Waals surface area contributed by atoms with Crippen LogP contribution in [0.5, 0.6) is 17.2 Å². The first kappa shape index (κ1) is 31.1. The van der Waals surface area contributed by atoms with Gasteiger partial charge in [0.15, 0.2) is 11.5 Å². The molecule has 16 heteroatoms. The second kappa shape index (κ2) is 11.2. The number of aryl methyl sites for hydroxylation is 2. The second-order valence-corrected chi connectivity index (χ2v) is 9.60. The van der Waals surface area contributed by atoms with Gasteiger partial charge in [0.2, 0.25) is 0 Å². The Balaban J connectivity index is 1.84. The van der Waals surface area contributed by atoms with Gasteiger partial charge in [-0.25, -0.2) is 4.57 Å². The lowest BCUT2D eigenvalue weighted by atomic mass is 9.97. The molecule has 3 rings (SSSR count). The van der Waals surface area contributed by atoms with Crippen molar-refractivity contribution in [2.75, 3.05) is 0 Å². The summed E-state index contributed by atoms with van der Waals surface area (Å²) in [6.45, 7) is 3.51. The molecule has 0 saturated heterocycles. The lowest BCUT2D eigenvalue weighted by molar-refractivity contribution is -0.399. The van der Waals surface area contributed by atoms with Crippen LogP contribution in [0.1, 0.15) is 16.7 Å². The lowest BCUT2D eigenvalue weighted by Crippen LogP contribution is -2.59. The van der Waals surface area contributed by atoms with E-state index in [1.54, 1.807) is 38.1 Å². The average molecular weight is 604 g/mol. The Bertz CT molecular complexity index is 1280. The molecule has 0 N–H and O–H groups in total. The summed E-state index contributed by atoms with van der Waals surface area (Å²) in [5, 5.41) is 0. The van der Waals surface area contributed by atoms with Gasteiger partial charge in [-0.3, -0.25) is 0 Å². The Morgan fingerprint density at radius 2 is 0.925 bits per heavy atom. The largest absolute Gasteiger partial charge is 0.604 e. The Kier molecular flexibility index (Phi) is 8.73. The summed E-state index contributed by atoms with van der Waals surface area (Å²) in [5.74, 6) is -20.6. The zero-order chi connectivity index (χ0) is 30.0. The highest BCUT2D eigenvalue weighted by Gasteiger charge is 2.82. The Morgan fingerprint density at radius 3 is 1.30 bits per heavy atom. The zero-order valence-electron chi connectivity index (χ0n) is 20.2. The molecule has 0 aliphatic carbocycles. The highest BCUT2D eigenvalue weighted by molar-refractivity contribution is 7.48. The molecule has 0 aliphatic heterocycles. The van der Waals surface area contributed by atoms with E-state index in [1.807, 2.05) is 0 Å². The number of phosphoric acid groups is 1. The van der Waals surface area contributed by atoms with Gasteiger partial charge in [-0.15, -0.1) is 0 Å². The highest BCUT2D eigenvalue weighted by atomic mass is 31.2. The van der Waals surface area contributed by atoms with E-state index in [4.69, 9.17) is 23.6 Å². The van der Waals surface area contributed by atoms with E-state index in [9.17, 15) is 44.1 Å². The van der Waals surface area contributed by atoms with Gasteiger partial charge >= 0.3 is 31.8 Å². The van der Waals surface area contributed by atoms with Crippen LogP contribution in [-0.4, -0.2) is 18.0 Å². The molecular formula is C24H18F9O6P. The maximum absolute atomic E-state index is 14.2. The molecule has 3 aromatic rings. The van der Waals surface area contributed by atoms with E-state index in [-0.39, 0.29) is 23.6 Å². The number of hydrogen-bond donors (Lipinski definition) is 0. The first-order valence-corrected chi connectivity index (χ1v) is 12.3. The smallest absolute Gasteiger partial charge is 0.400 e. The molecule has 0 aromatic heterocycles. The summed E-state index contributed by atoms with van der Waals surface area (Å²) >= 11 is 0. The van der Waals surface area contributed by atoms with Gasteiger partial charge in [-0.05, 0) is 62.4 Å². The van der Waals surface area contributed by atoms with Crippen LogP contribution < -0.4 is 14.3 Å². The highest BCUT2D eigenvalue weighted by Crippen LogP contribution is 2.57. The van der Waals surface area contributed by atoms with Gasteiger partial charge in [-0.1, -0.05) is 44.7 Å². The summed E-state index contributed by atoms with van der Waals surface area (Å²) in [7, 11) is -4.98. The van der Waals surface area contributed by atoms with Crippen molar-refractivity contribution in [3.63, 3.8) is 0 Å². The van der Waals surface area contributed by atoms with Crippen molar-refractivity contribution in [1.82, 2.24) is 0 Å². The number of alkyl halides is 9. The van der Waals surface area contributed by atoms with Crippen LogP contribution in [0.2, 0.25) is 0 Å². The van der Waals surface area contributed by atoms with Crippen molar-refractivity contribution < 1.29 is 67.7 Å². The van der Waals surface area contributed by atoms with Crippen LogP contribution in [0.4, 0.5) is 39.5 Å². The van der Waals surface area contributed by atoms with E-state index >= 15 is 0 Å².